The lowest BCUT2D eigenvalue weighted by Crippen LogP contribution is -2.44. The van der Waals surface area contributed by atoms with Crippen LogP contribution in [0.5, 0.6) is 0 Å². The summed E-state index contributed by atoms with van der Waals surface area (Å²) in [5.74, 6) is -1.76. The topological polar surface area (TPSA) is 114 Å². The second-order valence-corrected chi connectivity index (χ2v) is 6.84. The molecule has 0 aromatic heterocycles. The van der Waals surface area contributed by atoms with Crippen molar-refractivity contribution in [1.29, 1.82) is 0 Å². The summed E-state index contributed by atoms with van der Waals surface area (Å²) in [6.07, 6.45) is -0.173. The van der Waals surface area contributed by atoms with E-state index < -0.39 is 30.6 Å². The second kappa shape index (κ2) is 11.4. The normalized spacial score (nSPS) is 11.3. The highest BCUT2D eigenvalue weighted by molar-refractivity contribution is 5.96. The fraction of sp³-hybridized carbons (Fsp3) is 0.273. The predicted octanol–water partition coefficient (Wildman–Crippen LogP) is 2.33. The minimum atomic E-state index is -0.744. The molecule has 8 nitrogen and oxygen atoms in total. The van der Waals surface area contributed by atoms with Crippen LogP contribution < -0.4 is 16.0 Å². The van der Waals surface area contributed by atoms with Crippen LogP contribution in [0.3, 0.4) is 0 Å². The maximum atomic E-state index is 12.5. The van der Waals surface area contributed by atoms with Gasteiger partial charge in [-0.25, -0.2) is 4.79 Å². The molecule has 30 heavy (non-hydrogen) atoms. The third-order valence-electron chi connectivity index (χ3n) is 3.95. The number of imide groups is 1. The van der Waals surface area contributed by atoms with Gasteiger partial charge < -0.3 is 15.4 Å². The molecule has 0 bridgehead atoms. The Morgan fingerprint density at radius 2 is 1.47 bits per heavy atom. The van der Waals surface area contributed by atoms with Crippen molar-refractivity contribution in [2.45, 2.75) is 32.4 Å². The molecule has 0 aliphatic heterocycles. The summed E-state index contributed by atoms with van der Waals surface area (Å²) < 4.78 is 4.97. The average molecular weight is 411 g/mol. The average Bonchev–Trinajstić information content (AvgIpc) is 2.72. The number of benzene rings is 2. The Morgan fingerprint density at radius 3 is 2.07 bits per heavy atom. The molecule has 8 heteroatoms. The van der Waals surface area contributed by atoms with Gasteiger partial charge in [0.2, 0.25) is 0 Å². The van der Waals surface area contributed by atoms with Gasteiger partial charge in [0.1, 0.15) is 0 Å². The molecule has 0 saturated heterocycles. The molecule has 3 N–H and O–H groups in total. The van der Waals surface area contributed by atoms with Gasteiger partial charge in [-0.1, -0.05) is 48.5 Å². The first-order valence-corrected chi connectivity index (χ1v) is 9.52. The van der Waals surface area contributed by atoms with E-state index in [2.05, 4.69) is 16.0 Å². The molecule has 0 saturated carbocycles. The van der Waals surface area contributed by atoms with E-state index in [4.69, 9.17) is 4.74 Å². The Bertz CT molecular complexity index is 869. The number of carbonyl (C=O) groups excluding carboxylic acids is 4. The molecule has 4 amide bonds. The SMILES string of the molecule is CC(C)NC(=O)NC(=O)COC(=O)C[C@@H](NC(=O)c1ccccc1)c1ccccc1. The number of hydrogen-bond donors (Lipinski definition) is 3. The molecule has 0 unspecified atom stereocenters. The van der Waals surface area contributed by atoms with Crippen molar-refractivity contribution < 1.29 is 23.9 Å². The third-order valence-corrected chi connectivity index (χ3v) is 3.95. The summed E-state index contributed by atoms with van der Waals surface area (Å²) in [7, 11) is 0. The lowest BCUT2D eigenvalue weighted by molar-refractivity contribution is -0.148. The van der Waals surface area contributed by atoms with Crippen LogP contribution in [0.15, 0.2) is 60.7 Å². The molecule has 0 radical (unpaired) electrons. The first kappa shape index (κ1) is 22.6. The third kappa shape index (κ3) is 7.75. The van der Waals surface area contributed by atoms with Gasteiger partial charge in [0, 0.05) is 11.6 Å². The van der Waals surface area contributed by atoms with Crippen molar-refractivity contribution in [2.75, 3.05) is 6.61 Å². The van der Waals surface area contributed by atoms with Crippen molar-refractivity contribution in [3.8, 4) is 0 Å². The zero-order chi connectivity index (χ0) is 21.9. The van der Waals surface area contributed by atoms with E-state index in [0.717, 1.165) is 5.56 Å². The summed E-state index contributed by atoms with van der Waals surface area (Å²) in [5.41, 5.74) is 1.18. The van der Waals surface area contributed by atoms with Crippen LogP contribution >= 0.6 is 0 Å². The first-order valence-electron chi connectivity index (χ1n) is 9.52. The zero-order valence-corrected chi connectivity index (χ0v) is 16.9. The summed E-state index contributed by atoms with van der Waals surface area (Å²) in [6, 6.07) is 16.2. The highest BCUT2D eigenvalue weighted by Crippen LogP contribution is 2.18. The lowest BCUT2D eigenvalue weighted by Gasteiger charge is -2.19. The fourth-order valence-electron chi connectivity index (χ4n) is 2.60. The summed E-state index contributed by atoms with van der Waals surface area (Å²) in [5, 5.41) is 7.38. The number of amides is 4. The molecule has 0 fully saturated rings. The van der Waals surface area contributed by atoms with Gasteiger partial charge in [-0.05, 0) is 31.5 Å². The first-order chi connectivity index (χ1) is 14.3. The number of rotatable bonds is 8. The van der Waals surface area contributed by atoms with Gasteiger partial charge >= 0.3 is 12.0 Å². The highest BCUT2D eigenvalue weighted by Gasteiger charge is 2.21. The van der Waals surface area contributed by atoms with E-state index in [1.165, 1.54) is 0 Å². The van der Waals surface area contributed by atoms with E-state index in [-0.39, 0.29) is 18.4 Å². The minimum absolute atomic E-state index is 0.139. The quantitative estimate of drug-likeness (QED) is 0.577. The molecule has 0 heterocycles. The standard InChI is InChI=1S/C22H25N3O5/c1-15(2)23-22(29)25-19(26)14-30-20(27)13-18(16-9-5-3-6-10-16)24-21(28)17-11-7-4-8-12-17/h3-12,15,18H,13-14H2,1-2H3,(H,24,28)(H2,23,25,26,29)/t18-/m1/s1. The summed E-state index contributed by atoms with van der Waals surface area (Å²) in [6.45, 7) is 2.90. The molecule has 0 aliphatic rings. The molecule has 2 aromatic rings. The van der Waals surface area contributed by atoms with Crippen LogP contribution in [0.4, 0.5) is 4.79 Å². The largest absolute Gasteiger partial charge is 0.455 e. The smallest absolute Gasteiger partial charge is 0.321 e. The molecule has 0 spiro atoms. The Morgan fingerprint density at radius 1 is 0.867 bits per heavy atom. The Hall–Kier alpha value is -3.68. The van der Waals surface area contributed by atoms with Gasteiger partial charge in [-0.3, -0.25) is 19.7 Å². The number of ether oxygens (including phenoxy) is 1. The minimum Gasteiger partial charge on any atom is -0.455 e. The maximum absolute atomic E-state index is 12.5. The number of esters is 1. The monoisotopic (exact) mass is 411 g/mol. The number of urea groups is 1. The number of nitrogens with one attached hydrogen (secondary N) is 3. The molecular formula is C22H25N3O5. The molecule has 2 aromatic carbocycles. The van der Waals surface area contributed by atoms with E-state index >= 15 is 0 Å². The Labute approximate surface area is 175 Å². The number of hydrogen-bond acceptors (Lipinski definition) is 5. The Kier molecular flexibility index (Phi) is 8.56. The van der Waals surface area contributed by atoms with Crippen LogP contribution in [0.2, 0.25) is 0 Å². The highest BCUT2D eigenvalue weighted by atomic mass is 16.5. The lowest BCUT2D eigenvalue weighted by atomic mass is 10.0. The van der Waals surface area contributed by atoms with Crippen LogP contribution in [0, 0.1) is 0 Å². The van der Waals surface area contributed by atoms with Crippen molar-refractivity contribution in [3.05, 3.63) is 71.8 Å². The van der Waals surface area contributed by atoms with Gasteiger partial charge in [0.25, 0.3) is 11.8 Å². The molecule has 2 rings (SSSR count). The van der Waals surface area contributed by atoms with Gasteiger partial charge in [0.15, 0.2) is 6.61 Å². The van der Waals surface area contributed by atoms with E-state index in [0.29, 0.717) is 5.56 Å². The van der Waals surface area contributed by atoms with Gasteiger partial charge in [-0.2, -0.15) is 0 Å². The van der Waals surface area contributed by atoms with Crippen LogP contribution in [-0.4, -0.2) is 36.5 Å². The van der Waals surface area contributed by atoms with Crippen molar-refractivity contribution in [1.82, 2.24) is 16.0 Å². The summed E-state index contributed by atoms with van der Waals surface area (Å²) in [4.78, 5) is 48.0. The van der Waals surface area contributed by atoms with Crippen molar-refractivity contribution in [3.63, 3.8) is 0 Å². The van der Waals surface area contributed by atoms with E-state index in [9.17, 15) is 19.2 Å². The molecular weight excluding hydrogens is 386 g/mol. The summed E-state index contributed by atoms with van der Waals surface area (Å²) >= 11 is 0. The van der Waals surface area contributed by atoms with E-state index in [1.54, 1.807) is 68.4 Å². The zero-order valence-electron chi connectivity index (χ0n) is 16.9. The molecule has 0 aliphatic carbocycles. The van der Waals surface area contributed by atoms with Crippen molar-refractivity contribution in [2.24, 2.45) is 0 Å². The second-order valence-electron chi connectivity index (χ2n) is 6.84. The van der Waals surface area contributed by atoms with Crippen LogP contribution in [-0.2, 0) is 14.3 Å². The van der Waals surface area contributed by atoms with Crippen LogP contribution in [0.1, 0.15) is 42.2 Å². The van der Waals surface area contributed by atoms with Crippen LogP contribution in [0.25, 0.3) is 0 Å². The predicted molar refractivity (Wildman–Crippen MR) is 110 cm³/mol. The Balaban J connectivity index is 1.95. The molecule has 1 atom stereocenters. The van der Waals surface area contributed by atoms with Gasteiger partial charge in [-0.15, -0.1) is 0 Å². The van der Waals surface area contributed by atoms with Gasteiger partial charge in [0.05, 0.1) is 12.5 Å². The van der Waals surface area contributed by atoms with Crippen molar-refractivity contribution >= 4 is 23.8 Å². The number of carbonyl (C=O) groups is 4. The fourth-order valence-corrected chi connectivity index (χ4v) is 2.60. The maximum Gasteiger partial charge on any atom is 0.321 e. The molecule has 158 valence electrons. The van der Waals surface area contributed by atoms with E-state index in [1.807, 2.05) is 6.07 Å².